The Morgan fingerprint density at radius 1 is 0.474 bits per heavy atom. The van der Waals surface area contributed by atoms with Gasteiger partial charge in [-0.1, -0.05) is 121 Å². The van der Waals surface area contributed by atoms with Gasteiger partial charge in [-0.2, -0.15) is 0 Å². The van der Waals surface area contributed by atoms with Crippen LogP contribution in [0.5, 0.6) is 0 Å². The quantitative estimate of drug-likeness (QED) is 0.164. The number of aromatic nitrogens is 2. The highest BCUT2D eigenvalue weighted by Crippen LogP contribution is 2.41. The lowest BCUT2D eigenvalue weighted by Crippen LogP contribution is -2.18. The van der Waals surface area contributed by atoms with E-state index in [1.165, 1.54) is 49.8 Å². The Hall–Kier alpha value is -7.43. The van der Waals surface area contributed by atoms with Gasteiger partial charge in [-0.25, -0.2) is 4.98 Å². The van der Waals surface area contributed by atoms with Gasteiger partial charge in [-0.15, -0.1) is 0 Å². The maximum absolute atomic E-state index is 6.24. The predicted molar refractivity (Wildman–Crippen MR) is 237 cm³/mol. The highest BCUT2D eigenvalue weighted by Gasteiger charge is 2.21. The molecule has 4 nitrogen and oxygen atoms in total. The average molecular weight is 732 g/mol. The summed E-state index contributed by atoms with van der Waals surface area (Å²) in [7, 11) is 0. The smallest absolute Gasteiger partial charge is 0.227 e. The summed E-state index contributed by atoms with van der Waals surface area (Å²) in [6.07, 6.45) is 6.43. The summed E-state index contributed by atoms with van der Waals surface area (Å²) in [6.45, 7) is 0. The standard InChI is InChI=1S/C53H37N3O/c1-4-12-36(13-5-1)37-22-27-43(28-23-37)55(45-31-32-50-48(35-45)46-18-10-11-19-49(46)56(50)42-16-8-3-9-17-42)44-29-24-38(25-30-44)41-21-20-39-26-33-51-52(47(39)34-41)54-53(57-51)40-14-6-2-7-15-40/h1-24,26-29,31-35H,25,30H2. The molecule has 57 heavy (non-hydrogen) atoms. The third-order valence-corrected chi connectivity index (χ3v) is 11.3. The zero-order valence-corrected chi connectivity index (χ0v) is 31.2. The van der Waals surface area contributed by atoms with Gasteiger partial charge in [0.15, 0.2) is 5.58 Å². The molecule has 0 saturated heterocycles. The molecule has 0 radical (unpaired) electrons. The first-order valence-corrected chi connectivity index (χ1v) is 19.6. The van der Waals surface area contributed by atoms with Crippen LogP contribution >= 0.6 is 0 Å². The lowest BCUT2D eigenvalue weighted by Gasteiger charge is -2.30. The van der Waals surface area contributed by atoms with E-state index in [-0.39, 0.29) is 0 Å². The number of fused-ring (bicyclic) bond motifs is 6. The molecule has 2 aromatic heterocycles. The third-order valence-electron chi connectivity index (χ3n) is 11.3. The Morgan fingerprint density at radius 2 is 1.12 bits per heavy atom. The normalized spacial score (nSPS) is 13.0. The summed E-state index contributed by atoms with van der Waals surface area (Å²) < 4.78 is 8.61. The van der Waals surface area contributed by atoms with Crippen LogP contribution in [0.25, 0.3) is 77.5 Å². The van der Waals surface area contributed by atoms with Crippen molar-refractivity contribution >= 4 is 60.6 Å². The molecule has 0 aliphatic heterocycles. The van der Waals surface area contributed by atoms with Crippen LogP contribution in [0.3, 0.4) is 0 Å². The number of nitrogens with zero attached hydrogens (tertiary/aromatic N) is 3. The molecule has 0 unspecified atom stereocenters. The van der Waals surface area contributed by atoms with Gasteiger partial charge in [0.1, 0.15) is 5.52 Å². The SMILES string of the molecule is C1=C(c2ccc3ccc4oc(-c5ccccc5)nc4c3c2)CCC(N(c2ccc(-c3ccccc3)cc2)c2ccc3c(c2)c2ccccc2n3-c2ccccc2)=C1. The Morgan fingerprint density at radius 3 is 1.89 bits per heavy atom. The Balaban J connectivity index is 1.01. The number of benzene rings is 8. The van der Waals surface area contributed by atoms with Crippen molar-refractivity contribution in [1.29, 1.82) is 0 Å². The van der Waals surface area contributed by atoms with Gasteiger partial charge in [-0.05, 0) is 119 Å². The van der Waals surface area contributed by atoms with Crippen molar-refractivity contribution in [3.63, 3.8) is 0 Å². The number of para-hydroxylation sites is 2. The van der Waals surface area contributed by atoms with E-state index in [1.807, 2.05) is 36.4 Å². The van der Waals surface area contributed by atoms with Crippen molar-refractivity contribution in [3.05, 3.63) is 211 Å². The molecule has 270 valence electrons. The molecule has 4 heteroatoms. The highest BCUT2D eigenvalue weighted by molar-refractivity contribution is 6.10. The van der Waals surface area contributed by atoms with Crippen molar-refractivity contribution in [3.8, 4) is 28.3 Å². The van der Waals surface area contributed by atoms with E-state index in [1.54, 1.807) is 0 Å². The second kappa shape index (κ2) is 13.7. The number of hydrogen-bond acceptors (Lipinski definition) is 3. The van der Waals surface area contributed by atoms with Crippen LogP contribution in [0.1, 0.15) is 18.4 Å². The van der Waals surface area contributed by atoms with Gasteiger partial charge in [-0.3, -0.25) is 0 Å². The summed E-state index contributed by atoms with van der Waals surface area (Å²) in [4.78, 5) is 7.42. The van der Waals surface area contributed by atoms with Crippen molar-refractivity contribution < 1.29 is 4.42 Å². The minimum absolute atomic E-state index is 0.646. The molecule has 0 amide bonds. The molecule has 0 N–H and O–H groups in total. The van der Waals surface area contributed by atoms with Crippen LogP contribution < -0.4 is 4.90 Å². The highest BCUT2D eigenvalue weighted by atomic mass is 16.3. The second-order valence-corrected chi connectivity index (χ2v) is 14.7. The molecule has 11 rings (SSSR count). The minimum Gasteiger partial charge on any atom is -0.436 e. The first-order chi connectivity index (χ1) is 28.2. The van der Waals surface area contributed by atoms with E-state index in [4.69, 9.17) is 9.40 Å². The lowest BCUT2D eigenvalue weighted by atomic mass is 9.93. The van der Waals surface area contributed by atoms with E-state index in [0.29, 0.717) is 5.89 Å². The first-order valence-electron chi connectivity index (χ1n) is 19.6. The molecule has 1 aliphatic carbocycles. The number of hydrogen-bond donors (Lipinski definition) is 0. The Kier molecular flexibility index (Phi) is 7.92. The largest absolute Gasteiger partial charge is 0.436 e. The van der Waals surface area contributed by atoms with Crippen molar-refractivity contribution in [2.24, 2.45) is 0 Å². The van der Waals surface area contributed by atoms with Gasteiger partial charge < -0.3 is 13.9 Å². The van der Waals surface area contributed by atoms with Gasteiger partial charge in [0.2, 0.25) is 5.89 Å². The van der Waals surface area contributed by atoms with Gasteiger partial charge in [0.05, 0.1) is 11.0 Å². The summed E-state index contributed by atoms with van der Waals surface area (Å²) in [6, 6.07) is 67.0. The monoisotopic (exact) mass is 731 g/mol. The predicted octanol–water partition coefficient (Wildman–Crippen LogP) is 14.3. The molecule has 0 bridgehead atoms. The molecule has 0 fully saturated rings. The second-order valence-electron chi connectivity index (χ2n) is 14.7. The van der Waals surface area contributed by atoms with Gasteiger partial charge in [0.25, 0.3) is 0 Å². The number of oxazole rings is 1. The van der Waals surface area contributed by atoms with E-state index >= 15 is 0 Å². The first kappa shape index (κ1) is 33.0. The summed E-state index contributed by atoms with van der Waals surface area (Å²) in [5, 5.41) is 4.73. The zero-order valence-electron chi connectivity index (χ0n) is 31.2. The van der Waals surface area contributed by atoms with Crippen LogP contribution in [0.4, 0.5) is 11.4 Å². The Bertz CT molecular complexity index is 3160. The van der Waals surface area contributed by atoms with Crippen LogP contribution in [0, 0.1) is 0 Å². The minimum atomic E-state index is 0.646. The van der Waals surface area contributed by atoms with Crippen LogP contribution in [0.2, 0.25) is 0 Å². The summed E-state index contributed by atoms with van der Waals surface area (Å²) in [5.74, 6) is 0.646. The van der Waals surface area contributed by atoms with Crippen molar-refractivity contribution in [2.75, 3.05) is 4.90 Å². The zero-order chi connectivity index (χ0) is 37.7. The van der Waals surface area contributed by atoms with E-state index in [9.17, 15) is 0 Å². The molecule has 1 aliphatic rings. The fourth-order valence-corrected chi connectivity index (χ4v) is 8.54. The Labute approximate surface area is 330 Å². The number of allylic oxidation sites excluding steroid dienone is 4. The van der Waals surface area contributed by atoms with E-state index in [2.05, 4.69) is 173 Å². The summed E-state index contributed by atoms with van der Waals surface area (Å²) >= 11 is 0. The van der Waals surface area contributed by atoms with E-state index < -0.39 is 0 Å². The lowest BCUT2D eigenvalue weighted by molar-refractivity contribution is 0.620. The molecule has 0 spiro atoms. The number of rotatable bonds is 7. The van der Waals surface area contributed by atoms with Gasteiger partial charge in [0, 0.05) is 44.5 Å². The topological polar surface area (TPSA) is 34.2 Å². The maximum Gasteiger partial charge on any atom is 0.227 e. The molecule has 2 heterocycles. The van der Waals surface area contributed by atoms with Gasteiger partial charge >= 0.3 is 0 Å². The fourth-order valence-electron chi connectivity index (χ4n) is 8.54. The van der Waals surface area contributed by atoms with E-state index in [0.717, 1.165) is 57.3 Å². The number of anilines is 2. The molecule has 0 atom stereocenters. The third kappa shape index (κ3) is 5.82. The molecular formula is C53H37N3O. The molecule has 8 aromatic carbocycles. The van der Waals surface area contributed by atoms with Crippen molar-refractivity contribution in [2.45, 2.75) is 12.8 Å². The average Bonchev–Trinajstić information content (AvgIpc) is 3.88. The summed E-state index contributed by atoms with van der Waals surface area (Å²) in [5.41, 5.74) is 14.7. The van der Waals surface area contributed by atoms with Crippen LogP contribution in [0.15, 0.2) is 210 Å². The molecular weight excluding hydrogens is 695 g/mol. The molecule has 0 saturated carbocycles. The van der Waals surface area contributed by atoms with Crippen LogP contribution in [-0.4, -0.2) is 9.55 Å². The van der Waals surface area contributed by atoms with Crippen LogP contribution in [-0.2, 0) is 0 Å². The fraction of sp³-hybridized carbons (Fsp3) is 0.0377. The molecule has 10 aromatic rings. The van der Waals surface area contributed by atoms with Crippen molar-refractivity contribution in [1.82, 2.24) is 9.55 Å². The maximum atomic E-state index is 6.24.